The summed E-state index contributed by atoms with van der Waals surface area (Å²) in [5.41, 5.74) is 3.62. The van der Waals surface area contributed by atoms with Gasteiger partial charge in [-0.3, -0.25) is 4.79 Å². The van der Waals surface area contributed by atoms with E-state index in [0.717, 1.165) is 35.3 Å². The normalized spacial score (nSPS) is 15.0. The van der Waals surface area contributed by atoms with Gasteiger partial charge in [-0.05, 0) is 75.4 Å². The Labute approximate surface area is 170 Å². The Bertz CT molecular complexity index is 991. The minimum absolute atomic E-state index is 0.184. The third-order valence-electron chi connectivity index (χ3n) is 5.40. The number of carbonyl (C=O) groups excluding carboxylic acids is 1. The van der Waals surface area contributed by atoms with Gasteiger partial charge in [0.2, 0.25) is 5.91 Å². The highest BCUT2D eigenvalue weighted by molar-refractivity contribution is 5.91. The molecule has 2 aromatic carbocycles. The van der Waals surface area contributed by atoms with E-state index in [1.54, 1.807) is 6.07 Å². The Morgan fingerprint density at radius 2 is 1.90 bits per heavy atom. The first-order valence-electron chi connectivity index (χ1n) is 9.60. The smallest absolute Gasteiger partial charge is 0.244 e. The van der Waals surface area contributed by atoms with Crippen LogP contribution in [-0.2, 0) is 17.8 Å². The van der Waals surface area contributed by atoms with Gasteiger partial charge in [-0.2, -0.15) is 0 Å². The van der Waals surface area contributed by atoms with Gasteiger partial charge in [0.05, 0.1) is 0 Å². The molecule has 6 heteroatoms. The maximum Gasteiger partial charge on any atom is 0.244 e. The van der Waals surface area contributed by atoms with E-state index >= 15 is 0 Å². The molecule has 0 unspecified atom stereocenters. The summed E-state index contributed by atoms with van der Waals surface area (Å²) in [6.07, 6.45) is 4.48. The Morgan fingerprint density at radius 1 is 1.17 bits per heavy atom. The Morgan fingerprint density at radius 3 is 2.59 bits per heavy atom. The Hall–Kier alpha value is -3.15. The van der Waals surface area contributed by atoms with Crippen LogP contribution in [0.25, 0.3) is 6.08 Å². The lowest BCUT2D eigenvalue weighted by molar-refractivity contribution is -0.116. The van der Waals surface area contributed by atoms with E-state index in [9.17, 15) is 20.1 Å². The number of phenolic OH excluding ortho intramolecular Hbond substituents is 3. The van der Waals surface area contributed by atoms with Gasteiger partial charge in [-0.25, -0.2) is 0 Å². The summed E-state index contributed by atoms with van der Waals surface area (Å²) in [6, 6.07) is 4.31. The number of nitrogens with one attached hydrogen (secondary N) is 1. The highest BCUT2D eigenvalue weighted by Crippen LogP contribution is 2.43. The molecule has 1 aliphatic rings. The predicted molar refractivity (Wildman–Crippen MR) is 111 cm³/mol. The van der Waals surface area contributed by atoms with Crippen molar-refractivity contribution in [3.63, 3.8) is 0 Å². The number of aromatic hydroxyl groups is 3. The molecule has 2 aromatic rings. The molecule has 0 atom stereocenters. The zero-order valence-corrected chi connectivity index (χ0v) is 17.2. The number of hydrogen-bond donors (Lipinski definition) is 4. The summed E-state index contributed by atoms with van der Waals surface area (Å²) in [4.78, 5) is 12.3. The van der Waals surface area contributed by atoms with Crippen LogP contribution in [0.4, 0.5) is 0 Å². The molecule has 154 valence electrons. The minimum atomic E-state index is -0.332. The van der Waals surface area contributed by atoms with Crippen molar-refractivity contribution in [1.82, 2.24) is 5.32 Å². The van der Waals surface area contributed by atoms with Gasteiger partial charge in [0, 0.05) is 23.7 Å². The second kappa shape index (κ2) is 7.70. The van der Waals surface area contributed by atoms with Crippen LogP contribution in [0, 0.1) is 13.8 Å². The first-order valence-corrected chi connectivity index (χ1v) is 9.60. The van der Waals surface area contributed by atoms with Gasteiger partial charge in [-0.1, -0.05) is 6.07 Å². The number of carbonyl (C=O) groups is 1. The third-order valence-corrected chi connectivity index (χ3v) is 5.40. The molecule has 0 bridgehead atoms. The average Bonchev–Trinajstić information content (AvgIpc) is 2.67. The first-order chi connectivity index (χ1) is 13.6. The molecule has 6 nitrogen and oxygen atoms in total. The molecular weight excluding hydrogens is 370 g/mol. The van der Waals surface area contributed by atoms with Gasteiger partial charge < -0.3 is 25.4 Å². The van der Waals surface area contributed by atoms with Crippen LogP contribution in [0.3, 0.4) is 0 Å². The SMILES string of the molecule is Cc1c(C)c2c(c(CNC(=O)/C=C/c3ccc(O)c(O)c3)c1O)CCC(C)(C)O2. The number of rotatable bonds is 4. The van der Waals surface area contributed by atoms with Crippen LogP contribution >= 0.6 is 0 Å². The van der Waals surface area contributed by atoms with Crippen molar-refractivity contribution in [1.29, 1.82) is 0 Å². The van der Waals surface area contributed by atoms with E-state index in [1.807, 2.05) is 27.7 Å². The summed E-state index contributed by atoms with van der Waals surface area (Å²) in [7, 11) is 0. The molecule has 0 aromatic heterocycles. The van der Waals surface area contributed by atoms with E-state index in [1.165, 1.54) is 24.3 Å². The monoisotopic (exact) mass is 397 g/mol. The molecule has 1 heterocycles. The molecule has 3 rings (SSSR count). The van der Waals surface area contributed by atoms with E-state index < -0.39 is 0 Å². The Kier molecular flexibility index (Phi) is 5.46. The van der Waals surface area contributed by atoms with Crippen molar-refractivity contribution >= 4 is 12.0 Å². The fraction of sp³-hybridized carbons (Fsp3) is 0.348. The minimum Gasteiger partial charge on any atom is -0.507 e. The molecule has 0 saturated heterocycles. The molecule has 0 radical (unpaired) electrons. The lowest BCUT2D eigenvalue weighted by Gasteiger charge is -2.35. The van der Waals surface area contributed by atoms with Crippen molar-refractivity contribution in [3.05, 3.63) is 52.1 Å². The van der Waals surface area contributed by atoms with Crippen molar-refractivity contribution in [2.24, 2.45) is 0 Å². The number of phenols is 3. The lowest BCUT2D eigenvalue weighted by atomic mass is 9.87. The predicted octanol–water partition coefficient (Wildman–Crippen LogP) is 3.85. The van der Waals surface area contributed by atoms with E-state index in [4.69, 9.17) is 4.74 Å². The topological polar surface area (TPSA) is 99.0 Å². The molecule has 1 aliphatic heterocycles. The molecule has 0 spiro atoms. The maximum atomic E-state index is 12.3. The summed E-state index contributed by atoms with van der Waals surface area (Å²) in [5, 5.41) is 32.3. The van der Waals surface area contributed by atoms with Gasteiger partial charge in [-0.15, -0.1) is 0 Å². The van der Waals surface area contributed by atoms with Crippen molar-refractivity contribution in [3.8, 4) is 23.0 Å². The number of amides is 1. The second-order valence-corrected chi connectivity index (χ2v) is 8.05. The van der Waals surface area contributed by atoms with Crippen molar-refractivity contribution in [2.75, 3.05) is 0 Å². The number of hydrogen-bond acceptors (Lipinski definition) is 5. The van der Waals surface area contributed by atoms with Gasteiger partial charge >= 0.3 is 0 Å². The quantitative estimate of drug-likeness (QED) is 0.464. The van der Waals surface area contributed by atoms with Crippen LogP contribution in [0.15, 0.2) is 24.3 Å². The maximum absolute atomic E-state index is 12.3. The number of ether oxygens (including phenoxy) is 1. The molecule has 29 heavy (non-hydrogen) atoms. The molecule has 1 amide bonds. The number of benzene rings is 2. The highest BCUT2D eigenvalue weighted by atomic mass is 16.5. The third kappa shape index (κ3) is 4.31. The van der Waals surface area contributed by atoms with Crippen LogP contribution < -0.4 is 10.1 Å². The Balaban J connectivity index is 1.78. The molecule has 4 N–H and O–H groups in total. The standard InChI is InChI=1S/C23H27NO5/c1-13-14(2)22-16(9-10-23(3,4)29-22)17(21(13)28)12-24-20(27)8-6-15-5-7-18(25)19(26)11-15/h5-8,11,25-26,28H,9-10,12H2,1-4H3,(H,24,27)/b8-6+. The average molecular weight is 397 g/mol. The van der Waals surface area contributed by atoms with Gasteiger partial charge in [0.25, 0.3) is 0 Å². The fourth-order valence-electron chi connectivity index (χ4n) is 3.48. The zero-order valence-electron chi connectivity index (χ0n) is 17.2. The molecule has 0 saturated carbocycles. The molecular formula is C23H27NO5. The summed E-state index contributed by atoms with van der Waals surface area (Å²) < 4.78 is 6.18. The van der Waals surface area contributed by atoms with E-state index in [2.05, 4.69) is 5.32 Å². The number of fused-ring (bicyclic) bond motifs is 1. The summed E-state index contributed by atoms with van der Waals surface area (Å²) >= 11 is 0. The first kappa shape index (κ1) is 20.6. The van der Waals surface area contributed by atoms with E-state index in [0.29, 0.717) is 11.1 Å². The zero-order chi connectivity index (χ0) is 21.3. The van der Waals surface area contributed by atoms with E-state index in [-0.39, 0.29) is 35.3 Å². The van der Waals surface area contributed by atoms with Crippen LogP contribution in [0.2, 0.25) is 0 Å². The molecule has 0 fully saturated rings. The molecule has 0 aliphatic carbocycles. The van der Waals surface area contributed by atoms with Crippen LogP contribution in [0.5, 0.6) is 23.0 Å². The van der Waals surface area contributed by atoms with Gasteiger partial charge in [0.1, 0.15) is 17.1 Å². The largest absolute Gasteiger partial charge is 0.507 e. The highest BCUT2D eigenvalue weighted by Gasteiger charge is 2.31. The van der Waals surface area contributed by atoms with Crippen molar-refractivity contribution in [2.45, 2.75) is 52.7 Å². The van der Waals surface area contributed by atoms with Crippen LogP contribution in [0.1, 0.15) is 48.1 Å². The lowest BCUT2D eigenvalue weighted by Crippen LogP contribution is -2.34. The van der Waals surface area contributed by atoms with Crippen LogP contribution in [-0.4, -0.2) is 26.8 Å². The second-order valence-electron chi connectivity index (χ2n) is 8.05. The van der Waals surface area contributed by atoms with Crippen molar-refractivity contribution < 1.29 is 24.9 Å². The summed E-state index contributed by atoms with van der Waals surface area (Å²) in [5.74, 6) is 0.198. The fourth-order valence-corrected chi connectivity index (χ4v) is 3.48. The van der Waals surface area contributed by atoms with Gasteiger partial charge in [0.15, 0.2) is 11.5 Å². The summed E-state index contributed by atoms with van der Waals surface area (Å²) in [6.45, 7) is 8.06.